The molecule has 0 atom stereocenters. The molecule has 92 valence electrons. The van der Waals surface area contributed by atoms with Gasteiger partial charge in [0.1, 0.15) is 5.75 Å². The average Bonchev–Trinajstić information content (AvgIpc) is 2.98. The number of nitrogens with one attached hydrogen (secondary N) is 1. The van der Waals surface area contributed by atoms with Crippen LogP contribution in [0.15, 0.2) is 18.2 Å². The Morgan fingerprint density at radius 1 is 1.35 bits per heavy atom. The zero-order chi connectivity index (χ0) is 11.7. The molecule has 0 spiro atoms. The molecule has 1 aromatic carbocycles. The molecule has 1 aliphatic carbocycles. The van der Waals surface area contributed by atoms with Gasteiger partial charge >= 0.3 is 0 Å². The molecule has 1 saturated carbocycles. The van der Waals surface area contributed by atoms with E-state index in [-0.39, 0.29) is 5.54 Å². The van der Waals surface area contributed by atoms with E-state index >= 15 is 0 Å². The summed E-state index contributed by atoms with van der Waals surface area (Å²) >= 11 is 5.94. The van der Waals surface area contributed by atoms with Crippen LogP contribution in [0.5, 0.6) is 5.75 Å². The van der Waals surface area contributed by atoms with Gasteiger partial charge in [0, 0.05) is 17.8 Å². The van der Waals surface area contributed by atoms with Crippen LogP contribution in [0.4, 0.5) is 0 Å². The van der Waals surface area contributed by atoms with Gasteiger partial charge in [-0.1, -0.05) is 12.1 Å². The molecular weight excluding hydrogens is 234 g/mol. The number of alkyl halides is 1. The maximum Gasteiger partial charge on any atom is 0.122 e. The summed E-state index contributed by atoms with van der Waals surface area (Å²) in [5.41, 5.74) is 3.02. The summed E-state index contributed by atoms with van der Waals surface area (Å²) in [7, 11) is 0. The highest BCUT2D eigenvalue weighted by Gasteiger charge is 2.40. The highest BCUT2D eigenvalue weighted by Crippen LogP contribution is 2.36. The highest BCUT2D eigenvalue weighted by molar-refractivity contribution is 6.18. The first-order valence-corrected chi connectivity index (χ1v) is 6.90. The van der Waals surface area contributed by atoms with Crippen molar-refractivity contribution in [2.24, 2.45) is 0 Å². The fraction of sp³-hybridized carbons (Fsp3) is 0.571. The minimum Gasteiger partial charge on any atom is -0.493 e. The fourth-order valence-corrected chi connectivity index (χ4v) is 2.74. The van der Waals surface area contributed by atoms with E-state index in [1.54, 1.807) is 0 Å². The SMILES string of the molecule is ClCC1(NCCc2ccc3c(c2)CCO3)CC1. The Bertz CT molecular complexity index is 415. The minimum absolute atomic E-state index is 0.265. The van der Waals surface area contributed by atoms with Crippen molar-refractivity contribution in [3.8, 4) is 5.75 Å². The van der Waals surface area contributed by atoms with Crippen molar-refractivity contribution in [2.45, 2.75) is 31.2 Å². The van der Waals surface area contributed by atoms with Crippen molar-refractivity contribution >= 4 is 11.6 Å². The average molecular weight is 252 g/mol. The molecule has 0 saturated heterocycles. The standard InChI is InChI=1S/C14H18ClNO/c15-10-14(5-6-14)16-7-3-11-1-2-13-12(9-11)4-8-17-13/h1-2,9,16H,3-8,10H2. The normalized spacial score (nSPS) is 19.8. The molecule has 1 N–H and O–H groups in total. The van der Waals surface area contributed by atoms with Gasteiger partial charge in [0.25, 0.3) is 0 Å². The monoisotopic (exact) mass is 251 g/mol. The smallest absolute Gasteiger partial charge is 0.122 e. The number of halogens is 1. The lowest BCUT2D eigenvalue weighted by atomic mass is 10.1. The third-order valence-electron chi connectivity index (χ3n) is 3.78. The first kappa shape index (κ1) is 11.4. The maximum absolute atomic E-state index is 5.94. The molecule has 2 aliphatic rings. The van der Waals surface area contributed by atoms with E-state index in [2.05, 4.69) is 23.5 Å². The third-order valence-corrected chi connectivity index (χ3v) is 4.29. The van der Waals surface area contributed by atoms with Gasteiger partial charge in [0.15, 0.2) is 0 Å². The van der Waals surface area contributed by atoms with Crippen molar-refractivity contribution in [3.05, 3.63) is 29.3 Å². The zero-order valence-electron chi connectivity index (χ0n) is 9.97. The molecule has 0 radical (unpaired) electrons. The van der Waals surface area contributed by atoms with Crippen molar-refractivity contribution in [1.29, 1.82) is 0 Å². The topological polar surface area (TPSA) is 21.3 Å². The van der Waals surface area contributed by atoms with Crippen LogP contribution in [0.25, 0.3) is 0 Å². The predicted octanol–water partition coefficient (Wildman–Crippen LogP) is 2.53. The van der Waals surface area contributed by atoms with E-state index in [0.29, 0.717) is 0 Å². The predicted molar refractivity (Wildman–Crippen MR) is 70.0 cm³/mol. The molecule has 17 heavy (non-hydrogen) atoms. The Morgan fingerprint density at radius 3 is 3.00 bits per heavy atom. The molecule has 0 amide bonds. The van der Waals surface area contributed by atoms with Gasteiger partial charge in [-0.2, -0.15) is 0 Å². The first-order chi connectivity index (χ1) is 8.31. The van der Waals surface area contributed by atoms with E-state index in [4.69, 9.17) is 16.3 Å². The molecular formula is C14H18ClNO. The van der Waals surface area contributed by atoms with E-state index in [1.165, 1.54) is 24.0 Å². The fourth-order valence-electron chi connectivity index (χ4n) is 2.38. The summed E-state index contributed by atoms with van der Waals surface area (Å²) in [6.45, 7) is 1.86. The summed E-state index contributed by atoms with van der Waals surface area (Å²) in [4.78, 5) is 0. The number of benzene rings is 1. The summed E-state index contributed by atoms with van der Waals surface area (Å²) in [6.07, 6.45) is 4.59. The minimum atomic E-state index is 0.265. The van der Waals surface area contributed by atoms with Gasteiger partial charge in [0.05, 0.1) is 6.61 Å². The summed E-state index contributed by atoms with van der Waals surface area (Å²) in [5, 5.41) is 3.57. The van der Waals surface area contributed by atoms with E-state index in [1.807, 2.05) is 0 Å². The molecule has 2 nitrogen and oxygen atoms in total. The van der Waals surface area contributed by atoms with Crippen LogP contribution in [0, 0.1) is 0 Å². The molecule has 3 rings (SSSR count). The Hall–Kier alpha value is -0.730. The van der Waals surface area contributed by atoms with Crippen molar-refractivity contribution < 1.29 is 4.74 Å². The molecule has 1 fully saturated rings. The number of fused-ring (bicyclic) bond motifs is 1. The van der Waals surface area contributed by atoms with Gasteiger partial charge in [-0.25, -0.2) is 0 Å². The van der Waals surface area contributed by atoms with Gasteiger partial charge in [-0.05, 0) is 43.0 Å². The quantitative estimate of drug-likeness (QED) is 0.812. The van der Waals surface area contributed by atoms with Gasteiger partial charge in [-0.15, -0.1) is 11.6 Å². The molecule has 0 bridgehead atoms. The number of ether oxygens (including phenoxy) is 1. The largest absolute Gasteiger partial charge is 0.493 e. The summed E-state index contributed by atoms with van der Waals surface area (Å²) in [6, 6.07) is 6.56. The lowest BCUT2D eigenvalue weighted by Gasteiger charge is -2.13. The van der Waals surface area contributed by atoms with Crippen molar-refractivity contribution in [3.63, 3.8) is 0 Å². The van der Waals surface area contributed by atoms with Gasteiger partial charge in [0.2, 0.25) is 0 Å². The van der Waals surface area contributed by atoms with Crippen LogP contribution in [0.3, 0.4) is 0 Å². The Morgan fingerprint density at radius 2 is 2.24 bits per heavy atom. The van der Waals surface area contributed by atoms with E-state index in [0.717, 1.165) is 37.6 Å². The van der Waals surface area contributed by atoms with Crippen LogP contribution >= 0.6 is 11.6 Å². The second-order valence-electron chi connectivity index (χ2n) is 5.13. The molecule has 1 heterocycles. The number of rotatable bonds is 5. The van der Waals surface area contributed by atoms with Gasteiger partial charge in [-0.3, -0.25) is 0 Å². The first-order valence-electron chi connectivity index (χ1n) is 6.37. The second kappa shape index (κ2) is 4.51. The van der Waals surface area contributed by atoms with E-state index < -0.39 is 0 Å². The van der Waals surface area contributed by atoms with Crippen LogP contribution < -0.4 is 10.1 Å². The zero-order valence-corrected chi connectivity index (χ0v) is 10.7. The van der Waals surface area contributed by atoms with Crippen LogP contribution in [-0.2, 0) is 12.8 Å². The molecule has 3 heteroatoms. The molecule has 0 unspecified atom stereocenters. The number of hydrogen-bond acceptors (Lipinski definition) is 2. The van der Waals surface area contributed by atoms with Crippen LogP contribution in [-0.4, -0.2) is 24.6 Å². The van der Waals surface area contributed by atoms with E-state index in [9.17, 15) is 0 Å². The van der Waals surface area contributed by atoms with Gasteiger partial charge < -0.3 is 10.1 Å². The summed E-state index contributed by atoms with van der Waals surface area (Å²) < 4.78 is 5.51. The number of hydrogen-bond donors (Lipinski definition) is 1. The molecule has 0 aromatic heterocycles. The Labute approximate surface area is 107 Å². The Balaban J connectivity index is 1.55. The maximum atomic E-state index is 5.94. The molecule has 1 aromatic rings. The Kier molecular flexibility index (Phi) is 3.01. The lowest BCUT2D eigenvalue weighted by molar-refractivity contribution is 0.357. The summed E-state index contributed by atoms with van der Waals surface area (Å²) in [5.74, 6) is 1.81. The van der Waals surface area contributed by atoms with Crippen molar-refractivity contribution in [2.75, 3.05) is 19.0 Å². The lowest BCUT2D eigenvalue weighted by Crippen LogP contribution is -2.34. The second-order valence-corrected chi connectivity index (χ2v) is 5.40. The van der Waals surface area contributed by atoms with Crippen molar-refractivity contribution in [1.82, 2.24) is 5.32 Å². The third kappa shape index (κ3) is 2.43. The molecule has 1 aliphatic heterocycles. The van der Waals surface area contributed by atoms with Crippen LogP contribution in [0.1, 0.15) is 24.0 Å². The van der Waals surface area contributed by atoms with Crippen LogP contribution in [0.2, 0.25) is 0 Å². The highest BCUT2D eigenvalue weighted by atomic mass is 35.5.